The standard InChI is InChI=1S/C17H16ClNO3Se/c1-22-17(21)15(11-23-14-9-7-13(18)8-10-14)19-16(20)12-5-3-2-4-6-12/h2-10,15H,11H2,1H3,(H,19,20)/t15-/m0/s1. The minimum atomic E-state index is -0.664. The van der Waals surface area contributed by atoms with Crippen molar-refractivity contribution in [3.8, 4) is 0 Å². The fourth-order valence-corrected chi connectivity index (χ4v) is 3.88. The maximum absolute atomic E-state index is 12.2. The van der Waals surface area contributed by atoms with Crippen molar-refractivity contribution in [2.24, 2.45) is 0 Å². The average molecular weight is 397 g/mol. The first kappa shape index (κ1) is 17.5. The fraction of sp³-hybridized carbons (Fsp3) is 0.176. The molecule has 2 aromatic rings. The van der Waals surface area contributed by atoms with Crippen LogP contribution < -0.4 is 9.78 Å². The number of halogens is 1. The van der Waals surface area contributed by atoms with Gasteiger partial charge in [0.1, 0.15) is 0 Å². The molecule has 0 aromatic heterocycles. The van der Waals surface area contributed by atoms with E-state index in [0.717, 1.165) is 4.46 Å². The molecule has 1 atom stereocenters. The number of carbonyl (C=O) groups excluding carboxylic acids is 2. The van der Waals surface area contributed by atoms with Gasteiger partial charge in [0.25, 0.3) is 0 Å². The molecule has 0 saturated carbocycles. The monoisotopic (exact) mass is 397 g/mol. The molecule has 0 heterocycles. The normalized spacial score (nSPS) is 11.6. The number of ether oxygens (including phenoxy) is 1. The van der Waals surface area contributed by atoms with Crippen LogP contribution in [0.4, 0.5) is 0 Å². The topological polar surface area (TPSA) is 55.4 Å². The Morgan fingerprint density at radius 1 is 1.13 bits per heavy atom. The molecule has 4 nitrogen and oxygen atoms in total. The van der Waals surface area contributed by atoms with Crippen molar-refractivity contribution in [2.75, 3.05) is 7.11 Å². The number of hydrogen-bond acceptors (Lipinski definition) is 3. The number of nitrogens with one attached hydrogen (secondary N) is 1. The van der Waals surface area contributed by atoms with Crippen LogP contribution in [0.1, 0.15) is 10.4 Å². The van der Waals surface area contributed by atoms with Crippen molar-refractivity contribution in [2.45, 2.75) is 11.4 Å². The van der Waals surface area contributed by atoms with Gasteiger partial charge >= 0.3 is 146 Å². The zero-order chi connectivity index (χ0) is 16.7. The van der Waals surface area contributed by atoms with E-state index in [1.54, 1.807) is 24.3 Å². The predicted octanol–water partition coefficient (Wildman–Crippen LogP) is 2.06. The summed E-state index contributed by atoms with van der Waals surface area (Å²) >= 11 is 5.88. The Hall–Kier alpha value is -1.81. The maximum atomic E-state index is 12.2. The summed E-state index contributed by atoms with van der Waals surface area (Å²) in [6, 6.07) is 15.6. The number of carbonyl (C=O) groups is 2. The Labute approximate surface area is 146 Å². The van der Waals surface area contributed by atoms with Gasteiger partial charge in [0, 0.05) is 0 Å². The summed E-state index contributed by atoms with van der Waals surface area (Å²) in [7, 11) is 1.32. The number of methoxy groups -OCH3 is 1. The second-order valence-electron chi connectivity index (χ2n) is 4.68. The first-order valence-corrected chi connectivity index (χ1v) is 9.37. The zero-order valence-corrected chi connectivity index (χ0v) is 15.0. The number of amides is 1. The molecular formula is C17H16ClNO3Se. The molecule has 0 aliphatic carbocycles. The van der Waals surface area contributed by atoms with Crippen LogP contribution in [0.25, 0.3) is 0 Å². The summed E-state index contributed by atoms with van der Waals surface area (Å²) in [5, 5.41) is 3.93. The SMILES string of the molecule is COC(=O)[C@H](C[Se]c1ccc(Cl)cc1)NC(=O)c1ccccc1. The van der Waals surface area contributed by atoms with Crippen LogP contribution >= 0.6 is 11.6 Å². The summed E-state index contributed by atoms with van der Waals surface area (Å²) in [6.45, 7) is 0. The van der Waals surface area contributed by atoms with E-state index in [1.807, 2.05) is 30.3 Å². The van der Waals surface area contributed by atoms with Gasteiger partial charge in [0.2, 0.25) is 0 Å². The third-order valence-electron chi connectivity index (χ3n) is 3.06. The van der Waals surface area contributed by atoms with E-state index < -0.39 is 12.0 Å². The molecule has 0 unspecified atom stereocenters. The van der Waals surface area contributed by atoms with Gasteiger partial charge in [0.05, 0.1) is 0 Å². The van der Waals surface area contributed by atoms with Gasteiger partial charge in [-0.3, -0.25) is 0 Å². The molecule has 0 aliphatic heterocycles. The molecule has 0 aliphatic rings. The number of rotatable bonds is 6. The molecule has 0 fully saturated rings. The Kier molecular flexibility index (Phi) is 6.65. The number of benzene rings is 2. The molecule has 2 rings (SSSR count). The first-order chi connectivity index (χ1) is 11.1. The summed E-state index contributed by atoms with van der Waals surface area (Å²) in [4.78, 5) is 24.1. The molecule has 120 valence electrons. The van der Waals surface area contributed by atoms with E-state index in [-0.39, 0.29) is 20.9 Å². The first-order valence-electron chi connectivity index (χ1n) is 6.92. The predicted molar refractivity (Wildman–Crippen MR) is 91.4 cm³/mol. The van der Waals surface area contributed by atoms with Gasteiger partial charge in [-0.15, -0.1) is 0 Å². The molecule has 2 aromatic carbocycles. The summed E-state index contributed by atoms with van der Waals surface area (Å²) in [5.74, 6) is -0.724. The van der Waals surface area contributed by atoms with Crippen molar-refractivity contribution in [1.29, 1.82) is 0 Å². The Morgan fingerprint density at radius 3 is 2.39 bits per heavy atom. The molecule has 6 heteroatoms. The van der Waals surface area contributed by atoms with Crippen molar-refractivity contribution in [1.82, 2.24) is 5.32 Å². The van der Waals surface area contributed by atoms with Crippen molar-refractivity contribution < 1.29 is 14.3 Å². The van der Waals surface area contributed by atoms with Crippen LogP contribution in [0.5, 0.6) is 0 Å². The quantitative estimate of drug-likeness (QED) is 0.601. The average Bonchev–Trinajstić information content (AvgIpc) is 2.59. The van der Waals surface area contributed by atoms with Gasteiger partial charge in [-0.2, -0.15) is 0 Å². The summed E-state index contributed by atoms with van der Waals surface area (Å²) < 4.78 is 5.89. The molecule has 1 N–H and O–H groups in total. The zero-order valence-electron chi connectivity index (χ0n) is 12.5. The summed E-state index contributed by atoms with van der Waals surface area (Å²) in [5.41, 5.74) is 0.514. The molecular weight excluding hydrogens is 381 g/mol. The molecule has 0 spiro atoms. The van der Waals surface area contributed by atoms with Crippen LogP contribution in [0.2, 0.25) is 10.3 Å². The van der Waals surface area contributed by atoms with Gasteiger partial charge < -0.3 is 0 Å². The fourth-order valence-electron chi connectivity index (χ4n) is 1.85. The minimum absolute atomic E-state index is 0.0212. The van der Waals surface area contributed by atoms with Gasteiger partial charge in [0.15, 0.2) is 0 Å². The van der Waals surface area contributed by atoms with E-state index in [0.29, 0.717) is 15.9 Å². The second kappa shape index (κ2) is 8.73. The molecule has 0 radical (unpaired) electrons. The molecule has 0 bridgehead atoms. The number of hydrogen-bond donors (Lipinski definition) is 1. The molecule has 1 amide bonds. The number of esters is 1. The van der Waals surface area contributed by atoms with E-state index in [2.05, 4.69) is 5.32 Å². The third-order valence-corrected chi connectivity index (χ3v) is 5.63. The van der Waals surface area contributed by atoms with Crippen molar-refractivity contribution in [3.63, 3.8) is 0 Å². The van der Waals surface area contributed by atoms with E-state index in [1.165, 1.54) is 7.11 Å². The molecule has 0 saturated heterocycles. The third kappa shape index (κ3) is 5.39. The Balaban J connectivity index is 2.01. The van der Waals surface area contributed by atoms with E-state index in [9.17, 15) is 9.59 Å². The van der Waals surface area contributed by atoms with Crippen LogP contribution in [0, 0.1) is 0 Å². The summed E-state index contributed by atoms with van der Waals surface area (Å²) in [6.07, 6.45) is 0. The Morgan fingerprint density at radius 2 is 1.78 bits per heavy atom. The van der Waals surface area contributed by atoms with Crippen LogP contribution in [0.15, 0.2) is 54.6 Å². The second-order valence-corrected chi connectivity index (χ2v) is 7.41. The van der Waals surface area contributed by atoms with E-state index >= 15 is 0 Å². The van der Waals surface area contributed by atoms with Crippen molar-refractivity contribution in [3.05, 3.63) is 65.2 Å². The van der Waals surface area contributed by atoms with E-state index in [4.69, 9.17) is 16.3 Å². The Bertz CT molecular complexity index is 661. The van der Waals surface area contributed by atoms with Crippen LogP contribution in [0.3, 0.4) is 0 Å². The van der Waals surface area contributed by atoms with Gasteiger partial charge in [-0.05, 0) is 0 Å². The van der Waals surface area contributed by atoms with Crippen LogP contribution in [-0.4, -0.2) is 40.0 Å². The van der Waals surface area contributed by atoms with Crippen LogP contribution in [-0.2, 0) is 9.53 Å². The van der Waals surface area contributed by atoms with Gasteiger partial charge in [-0.1, -0.05) is 0 Å². The molecule has 23 heavy (non-hydrogen) atoms. The van der Waals surface area contributed by atoms with Crippen molar-refractivity contribution >= 4 is 42.9 Å². The van der Waals surface area contributed by atoms with Gasteiger partial charge in [-0.25, -0.2) is 0 Å².